The maximum Gasteiger partial charge on any atom is 0.273 e. The second-order valence-corrected chi connectivity index (χ2v) is 4.41. The highest BCUT2D eigenvalue weighted by molar-refractivity contribution is 5.92. The lowest BCUT2D eigenvalue weighted by atomic mass is 9.92. The minimum absolute atomic E-state index is 0.155. The highest BCUT2D eigenvalue weighted by atomic mass is 16.5. The molecule has 1 fully saturated rings. The summed E-state index contributed by atoms with van der Waals surface area (Å²) in [5, 5.41) is 6.64. The number of hydrogen-bond donors (Lipinski definition) is 2. The Morgan fingerprint density at radius 2 is 2.19 bits per heavy atom. The number of carbonyl (C=O) groups excluding carboxylic acids is 1. The van der Waals surface area contributed by atoms with E-state index in [1.807, 2.05) is 0 Å². The molecule has 1 heterocycles. The molecule has 16 heavy (non-hydrogen) atoms. The zero-order valence-electron chi connectivity index (χ0n) is 9.40. The zero-order valence-corrected chi connectivity index (χ0v) is 9.40. The molecule has 1 aliphatic carbocycles. The lowest BCUT2D eigenvalue weighted by molar-refractivity contribution is 0.0916. The van der Waals surface area contributed by atoms with Crippen molar-refractivity contribution in [1.29, 1.82) is 0 Å². The highest BCUT2D eigenvalue weighted by Gasteiger charge is 2.21. The number of rotatable bonds is 2. The summed E-state index contributed by atoms with van der Waals surface area (Å²) in [5.74, 6) is 0.494. The summed E-state index contributed by atoms with van der Waals surface area (Å²) in [5.41, 5.74) is 6.16. The van der Waals surface area contributed by atoms with Crippen LogP contribution in [0.5, 0.6) is 0 Å². The van der Waals surface area contributed by atoms with Crippen LogP contribution in [-0.2, 0) is 0 Å². The van der Waals surface area contributed by atoms with Crippen molar-refractivity contribution < 1.29 is 9.32 Å². The number of aryl methyl sites for hydroxylation is 1. The lowest BCUT2D eigenvalue weighted by Crippen LogP contribution is -2.40. The Morgan fingerprint density at radius 1 is 1.50 bits per heavy atom. The summed E-state index contributed by atoms with van der Waals surface area (Å²) in [4.78, 5) is 11.7. The molecular weight excluding hydrogens is 206 g/mol. The molecule has 0 bridgehead atoms. The second kappa shape index (κ2) is 4.65. The number of nitrogens with two attached hydrogens (primary N) is 1. The molecule has 0 spiro atoms. The van der Waals surface area contributed by atoms with Crippen molar-refractivity contribution in [2.24, 2.45) is 5.73 Å². The van der Waals surface area contributed by atoms with Crippen LogP contribution in [0.25, 0.3) is 0 Å². The van der Waals surface area contributed by atoms with Gasteiger partial charge in [0.05, 0.1) is 0 Å². The van der Waals surface area contributed by atoms with Crippen LogP contribution in [0.1, 0.15) is 41.9 Å². The molecule has 0 aromatic carbocycles. The van der Waals surface area contributed by atoms with Crippen LogP contribution in [0, 0.1) is 6.92 Å². The van der Waals surface area contributed by atoms with Gasteiger partial charge in [0.1, 0.15) is 5.76 Å². The van der Waals surface area contributed by atoms with Crippen molar-refractivity contribution in [3.05, 3.63) is 17.5 Å². The van der Waals surface area contributed by atoms with Crippen molar-refractivity contribution in [1.82, 2.24) is 10.5 Å². The van der Waals surface area contributed by atoms with E-state index in [0.29, 0.717) is 17.5 Å². The van der Waals surface area contributed by atoms with Gasteiger partial charge < -0.3 is 15.6 Å². The van der Waals surface area contributed by atoms with Gasteiger partial charge in [0.25, 0.3) is 5.91 Å². The zero-order chi connectivity index (χ0) is 11.5. The van der Waals surface area contributed by atoms with Gasteiger partial charge >= 0.3 is 0 Å². The Morgan fingerprint density at radius 3 is 2.75 bits per heavy atom. The van der Waals surface area contributed by atoms with Crippen molar-refractivity contribution >= 4 is 5.91 Å². The summed E-state index contributed by atoms with van der Waals surface area (Å²) in [6.07, 6.45) is 3.85. The summed E-state index contributed by atoms with van der Waals surface area (Å²) < 4.78 is 4.86. The van der Waals surface area contributed by atoms with Crippen molar-refractivity contribution in [2.45, 2.75) is 44.7 Å². The van der Waals surface area contributed by atoms with E-state index in [-0.39, 0.29) is 11.9 Å². The van der Waals surface area contributed by atoms with Gasteiger partial charge in [0.15, 0.2) is 5.69 Å². The number of hydrogen-bond acceptors (Lipinski definition) is 4. The maximum absolute atomic E-state index is 11.7. The smallest absolute Gasteiger partial charge is 0.273 e. The Kier molecular flexibility index (Phi) is 3.24. The molecule has 5 heteroatoms. The number of aromatic nitrogens is 1. The van der Waals surface area contributed by atoms with E-state index in [0.717, 1.165) is 25.7 Å². The largest absolute Gasteiger partial charge is 0.361 e. The molecule has 1 aliphatic rings. The molecule has 1 amide bonds. The summed E-state index contributed by atoms with van der Waals surface area (Å²) >= 11 is 0. The molecule has 1 aromatic heterocycles. The fraction of sp³-hybridized carbons (Fsp3) is 0.636. The van der Waals surface area contributed by atoms with Crippen LogP contribution in [0.2, 0.25) is 0 Å². The summed E-state index contributed by atoms with van der Waals surface area (Å²) in [7, 11) is 0. The standard InChI is InChI=1S/C11H17N3O2/c1-7-6-10(14-16-7)11(15)13-9-4-2-8(12)3-5-9/h6,8-9H,2-5,12H2,1H3,(H,13,15)/t8-,9-. The molecule has 0 atom stereocenters. The van der Waals surface area contributed by atoms with Crippen LogP contribution in [-0.4, -0.2) is 23.1 Å². The first-order chi connectivity index (χ1) is 7.65. The van der Waals surface area contributed by atoms with Gasteiger partial charge in [-0.25, -0.2) is 0 Å². The molecule has 1 aromatic rings. The first kappa shape index (κ1) is 11.1. The summed E-state index contributed by atoms with van der Waals surface area (Å²) in [6.45, 7) is 1.77. The Bertz CT molecular complexity index is 367. The molecule has 1 saturated carbocycles. The monoisotopic (exact) mass is 223 g/mol. The van der Waals surface area contributed by atoms with Crippen LogP contribution in [0.4, 0.5) is 0 Å². The number of nitrogens with one attached hydrogen (secondary N) is 1. The first-order valence-corrected chi connectivity index (χ1v) is 5.65. The van der Waals surface area contributed by atoms with Crippen LogP contribution < -0.4 is 11.1 Å². The molecule has 3 N–H and O–H groups in total. The lowest BCUT2D eigenvalue weighted by Gasteiger charge is -2.26. The average molecular weight is 223 g/mol. The van der Waals surface area contributed by atoms with Crippen LogP contribution in [0.15, 0.2) is 10.6 Å². The van der Waals surface area contributed by atoms with E-state index in [1.165, 1.54) is 0 Å². The van der Waals surface area contributed by atoms with Crippen molar-refractivity contribution in [3.8, 4) is 0 Å². The van der Waals surface area contributed by atoms with Gasteiger partial charge in [-0.1, -0.05) is 5.16 Å². The van der Waals surface area contributed by atoms with Crippen LogP contribution in [0.3, 0.4) is 0 Å². The molecular formula is C11H17N3O2. The Hall–Kier alpha value is -1.36. The molecule has 5 nitrogen and oxygen atoms in total. The minimum Gasteiger partial charge on any atom is -0.361 e. The predicted molar refractivity (Wildman–Crippen MR) is 58.9 cm³/mol. The average Bonchev–Trinajstić information content (AvgIpc) is 2.68. The molecule has 88 valence electrons. The fourth-order valence-corrected chi connectivity index (χ4v) is 2.00. The van der Waals surface area contributed by atoms with Gasteiger partial charge in [-0.15, -0.1) is 0 Å². The molecule has 0 aliphatic heterocycles. The molecule has 0 unspecified atom stereocenters. The quantitative estimate of drug-likeness (QED) is 0.783. The van der Waals surface area contributed by atoms with E-state index in [2.05, 4.69) is 10.5 Å². The summed E-state index contributed by atoms with van der Waals surface area (Å²) in [6, 6.07) is 2.16. The fourth-order valence-electron chi connectivity index (χ4n) is 2.00. The van der Waals surface area contributed by atoms with Crippen molar-refractivity contribution in [3.63, 3.8) is 0 Å². The van der Waals surface area contributed by atoms with E-state index in [9.17, 15) is 4.79 Å². The van der Waals surface area contributed by atoms with E-state index in [4.69, 9.17) is 10.3 Å². The SMILES string of the molecule is Cc1cc(C(=O)N[C@H]2CC[C@H](N)CC2)no1. The second-order valence-electron chi connectivity index (χ2n) is 4.41. The van der Waals surface area contributed by atoms with E-state index >= 15 is 0 Å². The third kappa shape index (κ3) is 2.61. The number of carbonyl (C=O) groups is 1. The highest BCUT2D eigenvalue weighted by Crippen LogP contribution is 2.17. The molecule has 0 saturated heterocycles. The first-order valence-electron chi connectivity index (χ1n) is 5.65. The van der Waals surface area contributed by atoms with Gasteiger partial charge in [0.2, 0.25) is 0 Å². The van der Waals surface area contributed by atoms with Gasteiger partial charge in [-0.2, -0.15) is 0 Å². The molecule has 2 rings (SSSR count). The van der Waals surface area contributed by atoms with Gasteiger partial charge in [-0.05, 0) is 32.6 Å². The van der Waals surface area contributed by atoms with Gasteiger partial charge in [-0.3, -0.25) is 4.79 Å². The Labute approximate surface area is 94.4 Å². The van der Waals surface area contributed by atoms with Crippen LogP contribution >= 0.6 is 0 Å². The topological polar surface area (TPSA) is 81.2 Å². The van der Waals surface area contributed by atoms with Gasteiger partial charge in [0, 0.05) is 18.2 Å². The number of nitrogens with zero attached hydrogens (tertiary/aromatic N) is 1. The number of amides is 1. The predicted octanol–water partition coefficient (Wildman–Crippen LogP) is 0.983. The van der Waals surface area contributed by atoms with Crippen molar-refractivity contribution in [2.75, 3.05) is 0 Å². The normalized spacial score (nSPS) is 25.4. The third-order valence-corrected chi connectivity index (χ3v) is 2.97. The Balaban J connectivity index is 1.88. The maximum atomic E-state index is 11.7. The minimum atomic E-state index is -0.155. The third-order valence-electron chi connectivity index (χ3n) is 2.97. The molecule has 0 radical (unpaired) electrons. The van der Waals surface area contributed by atoms with E-state index < -0.39 is 0 Å². The van der Waals surface area contributed by atoms with E-state index in [1.54, 1.807) is 13.0 Å².